The van der Waals surface area contributed by atoms with Crippen LogP contribution in [-0.4, -0.2) is 29.4 Å². The summed E-state index contributed by atoms with van der Waals surface area (Å²) >= 11 is 0. The number of hydrogen-bond donors (Lipinski definition) is 1. The van der Waals surface area contributed by atoms with Crippen LogP contribution >= 0.6 is 0 Å². The highest BCUT2D eigenvalue weighted by Crippen LogP contribution is 2.26. The van der Waals surface area contributed by atoms with Gasteiger partial charge in [0.15, 0.2) is 5.82 Å². The molecular formula is C18H17N3O3. The van der Waals surface area contributed by atoms with Crippen LogP contribution < -0.4 is 15.0 Å². The van der Waals surface area contributed by atoms with Crippen molar-refractivity contribution in [2.45, 2.75) is 6.42 Å². The first-order valence-electron chi connectivity index (χ1n) is 7.43. The monoisotopic (exact) mass is 323 g/mol. The van der Waals surface area contributed by atoms with Gasteiger partial charge < -0.3 is 9.47 Å². The second-order valence-corrected chi connectivity index (χ2v) is 5.16. The average Bonchev–Trinajstić information content (AvgIpc) is 2.64. The summed E-state index contributed by atoms with van der Waals surface area (Å²) in [5, 5.41) is 6.55. The summed E-state index contributed by atoms with van der Waals surface area (Å²) < 4.78 is 10.5. The molecule has 122 valence electrons. The molecule has 0 aliphatic rings. The second-order valence-electron chi connectivity index (χ2n) is 5.16. The molecule has 0 bridgehead atoms. The minimum Gasteiger partial charge on any atom is -0.497 e. The van der Waals surface area contributed by atoms with Crippen LogP contribution in [-0.2, 0) is 6.42 Å². The van der Waals surface area contributed by atoms with Crippen LogP contribution in [0.15, 0.2) is 53.3 Å². The molecule has 0 aliphatic heterocycles. The quantitative estimate of drug-likeness (QED) is 0.780. The van der Waals surface area contributed by atoms with Gasteiger partial charge in [-0.05, 0) is 29.8 Å². The zero-order valence-electron chi connectivity index (χ0n) is 13.4. The predicted molar refractivity (Wildman–Crippen MR) is 90.4 cm³/mol. The first-order chi connectivity index (χ1) is 11.7. The molecule has 3 rings (SSSR count). The fourth-order valence-corrected chi connectivity index (χ4v) is 2.38. The van der Waals surface area contributed by atoms with Gasteiger partial charge in [-0.1, -0.05) is 24.3 Å². The number of nitrogens with zero attached hydrogens (tertiary/aromatic N) is 2. The fraction of sp³-hybridized carbons (Fsp3) is 0.167. The third kappa shape index (κ3) is 3.27. The van der Waals surface area contributed by atoms with Crippen LogP contribution in [0, 0.1) is 0 Å². The van der Waals surface area contributed by atoms with Gasteiger partial charge >= 0.3 is 0 Å². The Kier molecular flexibility index (Phi) is 4.56. The number of para-hydroxylation sites is 1. The van der Waals surface area contributed by atoms with Crippen molar-refractivity contribution < 1.29 is 9.47 Å². The van der Waals surface area contributed by atoms with Gasteiger partial charge in [-0.3, -0.25) is 4.79 Å². The number of benzene rings is 2. The third-order valence-electron chi connectivity index (χ3n) is 3.64. The lowest BCUT2D eigenvalue weighted by atomic mass is 10.1. The Labute approximate surface area is 139 Å². The molecule has 1 heterocycles. The van der Waals surface area contributed by atoms with Gasteiger partial charge in [0.25, 0.3) is 5.56 Å². The molecule has 0 unspecified atom stereocenters. The zero-order chi connectivity index (χ0) is 16.9. The van der Waals surface area contributed by atoms with Crippen molar-refractivity contribution in [3.63, 3.8) is 0 Å². The maximum atomic E-state index is 12.0. The van der Waals surface area contributed by atoms with E-state index in [1.165, 1.54) is 0 Å². The molecule has 0 fully saturated rings. The third-order valence-corrected chi connectivity index (χ3v) is 3.64. The molecule has 2 aromatic carbocycles. The van der Waals surface area contributed by atoms with E-state index in [1.54, 1.807) is 14.2 Å². The van der Waals surface area contributed by atoms with E-state index >= 15 is 0 Å². The van der Waals surface area contributed by atoms with Gasteiger partial charge in [0, 0.05) is 6.42 Å². The number of rotatable bonds is 5. The molecule has 3 aromatic rings. The number of nitrogens with one attached hydrogen (secondary N) is 1. The van der Waals surface area contributed by atoms with E-state index in [0.717, 1.165) is 16.9 Å². The highest BCUT2D eigenvalue weighted by Gasteiger charge is 2.12. The summed E-state index contributed by atoms with van der Waals surface area (Å²) in [5.41, 5.74) is 1.79. The summed E-state index contributed by atoms with van der Waals surface area (Å²) in [7, 11) is 3.20. The lowest BCUT2D eigenvalue weighted by Crippen LogP contribution is -2.18. The van der Waals surface area contributed by atoms with E-state index in [2.05, 4.69) is 15.2 Å². The molecule has 0 atom stereocenters. The second kappa shape index (κ2) is 6.95. The van der Waals surface area contributed by atoms with Crippen LogP contribution in [0.3, 0.4) is 0 Å². The molecule has 0 radical (unpaired) electrons. The number of aromatic nitrogens is 3. The maximum absolute atomic E-state index is 12.0. The Balaban J connectivity index is 1.95. The zero-order valence-corrected chi connectivity index (χ0v) is 13.4. The maximum Gasteiger partial charge on any atom is 0.286 e. The first-order valence-corrected chi connectivity index (χ1v) is 7.43. The summed E-state index contributed by atoms with van der Waals surface area (Å²) in [4.78, 5) is 16.5. The lowest BCUT2D eigenvalue weighted by molar-refractivity contribution is 0.414. The van der Waals surface area contributed by atoms with Crippen molar-refractivity contribution in [1.82, 2.24) is 15.2 Å². The molecule has 0 saturated heterocycles. The average molecular weight is 323 g/mol. The first kappa shape index (κ1) is 15.7. The SMILES string of the molecule is COc1ccc(Cc2nc(-c3ccccc3OC)n[nH]c2=O)cc1. The van der Waals surface area contributed by atoms with E-state index in [9.17, 15) is 4.79 Å². The van der Waals surface area contributed by atoms with Crippen LogP contribution in [0.4, 0.5) is 0 Å². The minimum absolute atomic E-state index is 0.301. The van der Waals surface area contributed by atoms with Crippen LogP contribution in [0.25, 0.3) is 11.4 Å². The Morgan fingerprint density at radius 3 is 2.46 bits per heavy atom. The highest BCUT2D eigenvalue weighted by molar-refractivity contribution is 5.63. The van der Waals surface area contributed by atoms with Gasteiger partial charge in [-0.15, -0.1) is 0 Å². The number of hydrogen-bond acceptors (Lipinski definition) is 5. The van der Waals surface area contributed by atoms with Crippen molar-refractivity contribution in [3.8, 4) is 22.9 Å². The largest absolute Gasteiger partial charge is 0.497 e. The molecule has 1 aromatic heterocycles. The lowest BCUT2D eigenvalue weighted by Gasteiger charge is -2.08. The van der Waals surface area contributed by atoms with Crippen molar-refractivity contribution in [2.75, 3.05) is 14.2 Å². The molecule has 0 aliphatic carbocycles. The minimum atomic E-state index is -0.301. The molecule has 0 amide bonds. The Hall–Kier alpha value is -3.15. The van der Waals surface area contributed by atoms with E-state index < -0.39 is 0 Å². The van der Waals surface area contributed by atoms with Crippen LogP contribution in [0.2, 0.25) is 0 Å². The number of H-pyrrole nitrogens is 1. The van der Waals surface area contributed by atoms with Gasteiger partial charge in [-0.2, -0.15) is 5.10 Å². The number of methoxy groups -OCH3 is 2. The smallest absolute Gasteiger partial charge is 0.286 e. The van der Waals surface area contributed by atoms with Gasteiger partial charge in [0.2, 0.25) is 0 Å². The van der Waals surface area contributed by atoms with Gasteiger partial charge in [0.05, 0.1) is 19.8 Å². The summed E-state index contributed by atoms with van der Waals surface area (Å²) in [6.45, 7) is 0. The normalized spacial score (nSPS) is 10.4. The standard InChI is InChI=1S/C18H17N3O3/c1-23-13-9-7-12(8-10-13)11-15-18(22)21-20-17(19-15)14-5-3-4-6-16(14)24-2/h3-10H,11H2,1-2H3,(H,21,22). The Morgan fingerprint density at radius 1 is 1.00 bits per heavy atom. The topological polar surface area (TPSA) is 77.1 Å². The Bertz CT molecular complexity index is 889. The number of aromatic amines is 1. The molecule has 0 saturated carbocycles. The molecule has 1 N–H and O–H groups in total. The van der Waals surface area contributed by atoms with Gasteiger partial charge in [0.1, 0.15) is 17.2 Å². The van der Waals surface area contributed by atoms with Crippen LogP contribution in [0.5, 0.6) is 11.5 Å². The summed E-state index contributed by atoms with van der Waals surface area (Å²) in [6.07, 6.45) is 0.407. The molecule has 24 heavy (non-hydrogen) atoms. The fourth-order valence-electron chi connectivity index (χ4n) is 2.38. The molecule has 0 spiro atoms. The summed E-state index contributed by atoms with van der Waals surface area (Å²) in [5.74, 6) is 1.85. The Morgan fingerprint density at radius 2 is 1.75 bits per heavy atom. The van der Waals surface area contributed by atoms with Crippen molar-refractivity contribution in [1.29, 1.82) is 0 Å². The van der Waals surface area contributed by atoms with Crippen molar-refractivity contribution in [2.24, 2.45) is 0 Å². The summed E-state index contributed by atoms with van der Waals surface area (Å²) in [6, 6.07) is 14.9. The van der Waals surface area contributed by atoms with E-state index in [-0.39, 0.29) is 5.56 Å². The van der Waals surface area contributed by atoms with E-state index in [1.807, 2.05) is 48.5 Å². The highest BCUT2D eigenvalue weighted by atomic mass is 16.5. The molecule has 6 nitrogen and oxygen atoms in total. The van der Waals surface area contributed by atoms with E-state index in [0.29, 0.717) is 23.7 Å². The van der Waals surface area contributed by atoms with Gasteiger partial charge in [-0.25, -0.2) is 10.1 Å². The number of ether oxygens (including phenoxy) is 2. The molecular weight excluding hydrogens is 306 g/mol. The van der Waals surface area contributed by atoms with Crippen molar-refractivity contribution >= 4 is 0 Å². The van der Waals surface area contributed by atoms with E-state index in [4.69, 9.17) is 9.47 Å². The predicted octanol–water partition coefficient (Wildman–Crippen LogP) is 2.44. The van der Waals surface area contributed by atoms with Crippen LogP contribution in [0.1, 0.15) is 11.3 Å². The van der Waals surface area contributed by atoms with Crippen molar-refractivity contribution in [3.05, 3.63) is 70.1 Å². The molecule has 6 heteroatoms.